The minimum atomic E-state index is -0.101. The van der Waals surface area contributed by atoms with Crippen molar-refractivity contribution < 1.29 is 9.53 Å². The Kier molecular flexibility index (Phi) is 10.8. The van der Waals surface area contributed by atoms with Crippen molar-refractivity contribution in [1.29, 1.82) is 0 Å². The van der Waals surface area contributed by atoms with Gasteiger partial charge in [-0.3, -0.25) is 4.79 Å². The second-order valence-electron chi connectivity index (χ2n) is 4.27. The molecule has 0 aliphatic rings. The van der Waals surface area contributed by atoms with E-state index in [1.807, 2.05) is 6.92 Å². The summed E-state index contributed by atoms with van der Waals surface area (Å²) in [6, 6.07) is 0.499. The van der Waals surface area contributed by atoms with Gasteiger partial charge in [-0.05, 0) is 25.8 Å². The molecule has 0 saturated carbocycles. The molecule has 0 aliphatic carbocycles. The van der Waals surface area contributed by atoms with Crippen molar-refractivity contribution >= 4 is 17.7 Å². The second kappa shape index (κ2) is 10.9. The molecule has 0 bridgehead atoms. The van der Waals surface area contributed by atoms with Crippen LogP contribution < -0.4 is 5.32 Å². The van der Waals surface area contributed by atoms with Crippen LogP contribution in [-0.4, -0.2) is 36.7 Å². The Bertz CT molecular complexity index is 200. The summed E-state index contributed by atoms with van der Waals surface area (Å²) < 4.78 is 4.91. The molecule has 0 amide bonds. The summed E-state index contributed by atoms with van der Waals surface area (Å²) in [5, 5.41) is 3.55. The van der Waals surface area contributed by atoms with Gasteiger partial charge in [0.2, 0.25) is 0 Å². The third kappa shape index (κ3) is 8.50. The summed E-state index contributed by atoms with van der Waals surface area (Å²) in [5.74, 6) is 2.00. The Morgan fingerprint density at radius 1 is 1.35 bits per heavy atom. The topological polar surface area (TPSA) is 38.3 Å². The zero-order chi connectivity index (χ0) is 13.1. The highest BCUT2D eigenvalue weighted by atomic mass is 32.2. The van der Waals surface area contributed by atoms with Crippen LogP contribution in [0.3, 0.4) is 0 Å². The Labute approximate surface area is 110 Å². The first-order chi connectivity index (χ1) is 8.15. The molecule has 0 rings (SSSR count). The summed E-state index contributed by atoms with van der Waals surface area (Å²) >= 11 is 1.67. The standard InChI is InChI=1S/C13H27NO2S/c1-5-8-14-12(11(4)6-2)9-17-10-13(15)16-7-3/h11-12,14H,5-10H2,1-4H3. The SMILES string of the molecule is CCCNC(CSCC(=O)OCC)C(C)CC. The van der Waals surface area contributed by atoms with Gasteiger partial charge in [-0.1, -0.05) is 27.2 Å². The summed E-state index contributed by atoms with van der Waals surface area (Å²) in [7, 11) is 0. The first kappa shape index (κ1) is 16.8. The molecule has 4 heteroatoms. The fourth-order valence-corrected chi connectivity index (χ4v) is 2.58. The first-order valence-electron chi connectivity index (χ1n) is 6.62. The molecule has 0 radical (unpaired) electrons. The van der Waals surface area contributed by atoms with E-state index in [1.54, 1.807) is 11.8 Å². The number of rotatable bonds is 10. The van der Waals surface area contributed by atoms with Gasteiger partial charge < -0.3 is 10.1 Å². The van der Waals surface area contributed by atoms with Gasteiger partial charge >= 0.3 is 5.97 Å². The Hall–Kier alpha value is -0.220. The van der Waals surface area contributed by atoms with Crippen LogP contribution in [0.4, 0.5) is 0 Å². The summed E-state index contributed by atoms with van der Waals surface area (Å²) in [4.78, 5) is 11.2. The summed E-state index contributed by atoms with van der Waals surface area (Å²) in [5.41, 5.74) is 0. The Balaban J connectivity index is 3.86. The lowest BCUT2D eigenvalue weighted by molar-refractivity contribution is -0.139. The van der Waals surface area contributed by atoms with Gasteiger partial charge in [0.15, 0.2) is 0 Å². The molecule has 0 aromatic carbocycles. The van der Waals surface area contributed by atoms with Crippen molar-refractivity contribution in [3.8, 4) is 0 Å². The van der Waals surface area contributed by atoms with Crippen molar-refractivity contribution in [2.45, 2.75) is 46.6 Å². The molecule has 0 saturated heterocycles. The first-order valence-corrected chi connectivity index (χ1v) is 7.77. The summed E-state index contributed by atoms with van der Waals surface area (Å²) in [6.45, 7) is 10.0. The molecule has 0 aromatic rings. The van der Waals surface area contributed by atoms with Crippen molar-refractivity contribution in [2.75, 3.05) is 24.7 Å². The molecule has 2 atom stereocenters. The predicted octanol–water partition coefficient (Wildman–Crippen LogP) is 2.70. The van der Waals surface area contributed by atoms with Crippen molar-refractivity contribution in [3.05, 3.63) is 0 Å². The smallest absolute Gasteiger partial charge is 0.315 e. The van der Waals surface area contributed by atoms with Crippen molar-refractivity contribution in [3.63, 3.8) is 0 Å². The highest BCUT2D eigenvalue weighted by Gasteiger charge is 2.15. The fourth-order valence-electron chi connectivity index (χ4n) is 1.51. The molecule has 17 heavy (non-hydrogen) atoms. The van der Waals surface area contributed by atoms with Crippen LogP contribution >= 0.6 is 11.8 Å². The number of esters is 1. The van der Waals surface area contributed by atoms with Crippen molar-refractivity contribution in [2.24, 2.45) is 5.92 Å². The molecule has 2 unspecified atom stereocenters. The minimum Gasteiger partial charge on any atom is -0.465 e. The highest BCUT2D eigenvalue weighted by Crippen LogP contribution is 2.14. The van der Waals surface area contributed by atoms with Gasteiger partial charge in [0.25, 0.3) is 0 Å². The molecule has 0 aliphatic heterocycles. The molecule has 3 nitrogen and oxygen atoms in total. The maximum atomic E-state index is 11.2. The van der Waals surface area contributed by atoms with E-state index in [0.29, 0.717) is 24.3 Å². The highest BCUT2D eigenvalue weighted by molar-refractivity contribution is 7.99. The number of nitrogens with one attached hydrogen (secondary N) is 1. The van der Waals surface area contributed by atoms with Crippen LogP contribution in [0.2, 0.25) is 0 Å². The minimum absolute atomic E-state index is 0.101. The lowest BCUT2D eigenvalue weighted by atomic mass is 10.0. The maximum Gasteiger partial charge on any atom is 0.315 e. The van der Waals surface area contributed by atoms with Crippen LogP contribution in [0.15, 0.2) is 0 Å². The molecule has 102 valence electrons. The van der Waals surface area contributed by atoms with Crippen LogP contribution in [0, 0.1) is 5.92 Å². The van der Waals surface area contributed by atoms with Crippen LogP contribution in [0.5, 0.6) is 0 Å². The molecule has 0 spiro atoms. The van der Waals surface area contributed by atoms with Gasteiger partial charge in [-0.2, -0.15) is 0 Å². The van der Waals surface area contributed by atoms with Gasteiger partial charge in [0, 0.05) is 11.8 Å². The second-order valence-corrected chi connectivity index (χ2v) is 5.30. The molecular weight excluding hydrogens is 234 g/mol. The number of hydrogen-bond donors (Lipinski definition) is 1. The van der Waals surface area contributed by atoms with Crippen LogP contribution in [0.1, 0.15) is 40.5 Å². The van der Waals surface area contributed by atoms with Gasteiger partial charge in [0.05, 0.1) is 12.4 Å². The average Bonchev–Trinajstić information content (AvgIpc) is 2.32. The van der Waals surface area contributed by atoms with Crippen molar-refractivity contribution in [1.82, 2.24) is 5.32 Å². The molecule has 1 N–H and O–H groups in total. The predicted molar refractivity (Wildman–Crippen MR) is 75.5 cm³/mol. The Morgan fingerprint density at radius 2 is 2.06 bits per heavy atom. The van der Waals surface area contributed by atoms with E-state index in [2.05, 4.69) is 26.1 Å². The summed E-state index contributed by atoms with van der Waals surface area (Å²) in [6.07, 6.45) is 2.32. The van der Waals surface area contributed by atoms with E-state index in [1.165, 1.54) is 6.42 Å². The maximum absolute atomic E-state index is 11.2. The number of carbonyl (C=O) groups excluding carboxylic acids is 1. The monoisotopic (exact) mass is 261 g/mol. The number of thioether (sulfide) groups is 1. The largest absolute Gasteiger partial charge is 0.465 e. The zero-order valence-corrected chi connectivity index (χ0v) is 12.4. The molecular formula is C13H27NO2S. The van der Waals surface area contributed by atoms with Gasteiger partial charge in [0.1, 0.15) is 0 Å². The number of ether oxygens (including phenoxy) is 1. The lowest BCUT2D eigenvalue weighted by Crippen LogP contribution is -2.37. The molecule has 0 fully saturated rings. The molecule has 0 heterocycles. The molecule has 0 aromatic heterocycles. The van der Waals surface area contributed by atoms with Gasteiger partial charge in [-0.15, -0.1) is 11.8 Å². The quantitative estimate of drug-likeness (QED) is 0.614. The number of hydrogen-bond acceptors (Lipinski definition) is 4. The average molecular weight is 261 g/mol. The van der Waals surface area contributed by atoms with Crippen LogP contribution in [-0.2, 0) is 9.53 Å². The van der Waals surface area contributed by atoms with E-state index in [-0.39, 0.29) is 5.97 Å². The van der Waals surface area contributed by atoms with E-state index in [0.717, 1.165) is 18.7 Å². The lowest BCUT2D eigenvalue weighted by Gasteiger charge is -2.23. The van der Waals surface area contributed by atoms with E-state index in [4.69, 9.17) is 4.74 Å². The van der Waals surface area contributed by atoms with E-state index >= 15 is 0 Å². The van der Waals surface area contributed by atoms with E-state index in [9.17, 15) is 4.79 Å². The Morgan fingerprint density at radius 3 is 2.59 bits per heavy atom. The van der Waals surface area contributed by atoms with Gasteiger partial charge in [-0.25, -0.2) is 0 Å². The number of carbonyl (C=O) groups is 1. The van der Waals surface area contributed by atoms with E-state index < -0.39 is 0 Å². The normalized spacial score (nSPS) is 14.4. The fraction of sp³-hybridized carbons (Fsp3) is 0.923. The van der Waals surface area contributed by atoms with Crippen LogP contribution in [0.25, 0.3) is 0 Å². The third-order valence-electron chi connectivity index (χ3n) is 2.81. The zero-order valence-electron chi connectivity index (χ0n) is 11.6. The third-order valence-corrected chi connectivity index (χ3v) is 3.84.